The third-order valence-electron chi connectivity index (χ3n) is 3.76. The number of methoxy groups -OCH3 is 1. The van der Waals surface area contributed by atoms with E-state index >= 15 is 0 Å². The summed E-state index contributed by atoms with van der Waals surface area (Å²) >= 11 is 1.28. The quantitative estimate of drug-likeness (QED) is 0.834. The zero-order valence-corrected chi connectivity index (χ0v) is 15.0. The van der Waals surface area contributed by atoms with Crippen LogP contribution >= 0.6 is 11.8 Å². The number of benzene rings is 2. The molecular weight excluding hydrogens is 352 g/mol. The number of carboxylic acids is 1. The van der Waals surface area contributed by atoms with E-state index in [4.69, 9.17) is 9.84 Å². The van der Waals surface area contributed by atoms with Crippen LogP contribution in [0, 0.1) is 0 Å². The Morgan fingerprint density at radius 2 is 1.81 bits per heavy atom. The lowest BCUT2D eigenvalue weighted by Crippen LogP contribution is -2.23. The van der Waals surface area contributed by atoms with E-state index in [0.717, 1.165) is 11.3 Å². The summed E-state index contributed by atoms with van der Waals surface area (Å²) in [5.41, 5.74) is 1.67. The lowest BCUT2D eigenvalue weighted by molar-refractivity contribution is -0.121. The van der Waals surface area contributed by atoms with Crippen molar-refractivity contribution in [3.8, 4) is 5.75 Å². The Kier molecular flexibility index (Phi) is 5.09. The molecule has 1 fully saturated rings. The Bertz CT molecular complexity index is 902. The van der Waals surface area contributed by atoms with Crippen molar-refractivity contribution in [2.75, 3.05) is 14.2 Å². The third-order valence-corrected chi connectivity index (χ3v) is 4.82. The average molecular weight is 368 g/mol. The van der Waals surface area contributed by atoms with Gasteiger partial charge in [0.15, 0.2) is 5.17 Å². The molecule has 2 aromatic carbocycles. The van der Waals surface area contributed by atoms with Crippen molar-refractivity contribution in [1.82, 2.24) is 4.90 Å². The maximum absolute atomic E-state index is 12.4. The molecule has 7 heteroatoms. The van der Waals surface area contributed by atoms with Gasteiger partial charge in [-0.05, 0) is 59.8 Å². The van der Waals surface area contributed by atoms with Crippen molar-refractivity contribution in [3.63, 3.8) is 0 Å². The molecule has 1 amide bonds. The molecule has 1 aliphatic heterocycles. The van der Waals surface area contributed by atoms with Crippen LogP contribution in [0.4, 0.5) is 5.69 Å². The van der Waals surface area contributed by atoms with Crippen molar-refractivity contribution in [1.29, 1.82) is 0 Å². The molecule has 132 valence electrons. The molecule has 1 heterocycles. The zero-order valence-electron chi connectivity index (χ0n) is 14.2. The van der Waals surface area contributed by atoms with Gasteiger partial charge in [-0.3, -0.25) is 9.69 Å². The van der Waals surface area contributed by atoms with Crippen LogP contribution < -0.4 is 4.74 Å². The number of aromatic carboxylic acids is 1. The Labute approximate surface area is 154 Å². The summed E-state index contributed by atoms with van der Waals surface area (Å²) < 4.78 is 5.13. The summed E-state index contributed by atoms with van der Waals surface area (Å²) in [5.74, 6) is -0.370. The molecule has 0 unspecified atom stereocenters. The van der Waals surface area contributed by atoms with Crippen LogP contribution in [0.1, 0.15) is 15.9 Å². The molecule has 2 aromatic rings. The van der Waals surface area contributed by atoms with E-state index in [1.165, 1.54) is 28.8 Å². The number of rotatable bonds is 4. The smallest absolute Gasteiger partial charge is 0.335 e. The van der Waals surface area contributed by atoms with E-state index in [1.54, 1.807) is 32.4 Å². The van der Waals surface area contributed by atoms with Gasteiger partial charge in [0.25, 0.3) is 5.91 Å². The Hall–Kier alpha value is -3.06. The van der Waals surface area contributed by atoms with E-state index in [1.807, 2.05) is 24.3 Å². The second kappa shape index (κ2) is 7.45. The van der Waals surface area contributed by atoms with Crippen molar-refractivity contribution in [2.24, 2.45) is 4.99 Å². The predicted molar refractivity (Wildman–Crippen MR) is 102 cm³/mol. The minimum Gasteiger partial charge on any atom is -0.497 e. The van der Waals surface area contributed by atoms with Crippen molar-refractivity contribution in [3.05, 3.63) is 64.6 Å². The van der Waals surface area contributed by atoms with Gasteiger partial charge < -0.3 is 9.84 Å². The van der Waals surface area contributed by atoms with Crippen LogP contribution in [-0.4, -0.2) is 41.2 Å². The molecule has 0 atom stereocenters. The van der Waals surface area contributed by atoms with Crippen LogP contribution in [0.2, 0.25) is 0 Å². The summed E-state index contributed by atoms with van der Waals surface area (Å²) in [7, 11) is 3.26. The monoisotopic (exact) mass is 368 g/mol. The van der Waals surface area contributed by atoms with Gasteiger partial charge >= 0.3 is 5.97 Å². The summed E-state index contributed by atoms with van der Waals surface area (Å²) in [5, 5.41) is 9.48. The fourth-order valence-electron chi connectivity index (χ4n) is 2.29. The zero-order chi connectivity index (χ0) is 18.7. The first-order chi connectivity index (χ1) is 12.5. The average Bonchev–Trinajstić information content (AvgIpc) is 2.91. The molecule has 1 aliphatic rings. The fraction of sp³-hybridized carbons (Fsp3) is 0.105. The van der Waals surface area contributed by atoms with Gasteiger partial charge in [0.05, 0.1) is 23.3 Å². The van der Waals surface area contributed by atoms with Gasteiger partial charge in [-0.2, -0.15) is 0 Å². The highest BCUT2D eigenvalue weighted by atomic mass is 32.2. The normalized spacial score (nSPS) is 17.2. The first-order valence-corrected chi connectivity index (χ1v) is 8.53. The van der Waals surface area contributed by atoms with Gasteiger partial charge in [-0.1, -0.05) is 12.1 Å². The van der Waals surface area contributed by atoms with Crippen molar-refractivity contribution < 1.29 is 19.4 Å². The van der Waals surface area contributed by atoms with E-state index < -0.39 is 5.97 Å². The Balaban J connectivity index is 1.83. The molecule has 0 radical (unpaired) electrons. The van der Waals surface area contributed by atoms with Crippen LogP contribution in [0.25, 0.3) is 6.08 Å². The molecule has 1 saturated heterocycles. The molecule has 6 nitrogen and oxygen atoms in total. The van der Waals surface area contributed by atoms with Crippen LogP contribution in [0.5, 0.6) is 5.75 Å². The number of carbonyl (C=O) groups excluding carboxylic acids is 1. The second-order valence-electron chi connectivity index (χ2n) is 5.49. The maximum atomic E-state index is 12.4. The van der Waals surface area contributed by atoms with Crippen molar-refractivity contribution >= 4 is 40.6 Å². The standard InChI is InChI=1S/C19H16N2O4S/c1-21-17(22)16(11-12-3-9-15(25-2)10-4-12)26-19(21)20-14-7-5-13(6-8-14)18(23)24/h3-11H,1-2H3,(H,23,24)/b16-11+,20-19?. The summed E-state index contributed by atoms with van der Waals surface area (Å²) in [6, 6.07) is 13.6. The summed E-state index contributed by atoms with van der Waals surface area (Å²) in [6.07, 6.45) is 1.80. The number of hydrogen-bond acceptors (Lipinski definition) is 5. The number of amidine groups is 1. The van der Waals surface area contributed by atoms with Crippen molar-refractivity contribution in [2.45, 2.75) is 0 Å². The molecule has 0 aromatic heterocycles. The van der Waals surface area contributed by atoms with E-state index in [-0.39, 0.29) is 11.5 Å². The highest BCUT2D eigenvalue weighted by molar-refractivity contribution is 8.18. The van der Waals surface area contributed by atoms with Crippen LogP contribution in [0.3, 0.4) is 0 Å². The van der Waals surface area contributed by atoms with Gasteiger partial charge in [-0.15, -0.1) is 0 Å². The molecular formula is C19H16N2O4S. The first-order valence-electron chi connectivity index (χ1n) is 7.71. The number of amides is 1. The van der Waals surface area contributed by atoms with E-state index in [0.29, 0.717) is 15.8 Å². The van der Waals surface area contributed by atoms with E-state index in [2.05, 4.69) is 4.99 Å². The molecule has 3 rings (SSSR count). The fourth-order valence-corrected chi connectivity index (χ4v) is 3.28. The van der Waals surface area contributed by atoms with Gasteiger partial charge in [0.1, 0.15) is 5.75 Å². The predicted octanol–water partition coefficient (Wildman–Crippen LogP) is 3.63. The molecule has 1 N–H and O–H groups in total. The largest absolute Gasteiger partial charge is 0.497 e. The number of ether oxygens (including phenoxy) is 1. The van der Waals surface area contributed by atoms with Gasteiger partial charge in [-0.25, -0.2) is 9.79 Å². The molecule has 0 aliphatic carbocycles. The number of likely N-dealkylation sites (N-methyl/N-ethyl adjacent to an activating group) is 1. The Morgan fingerprint density at radius 1 is 1.15 bits per heavy atom. The number of carbonyl (C=O) groups is 2. The second-order valence-corrected chi connectivity index (χ2v) is 6.50. The lowest BCUT2D eigenvalue weighted by atomic mass is 10.2. The SMILES string of the molecule is COc1ccc(/C=C2/SC(=Nc3ccc(C(=O)O)cc3)N(C)C2=O)cc1. The first kappa shape index (κ1) is 17.8. The summed E-state index contributed by atoms with van der Waals surface area (Å²) in [6.45, 7) is 0. The number of nitrogens with zero attached hydrogens (tertiary/aromatic N) is 2. The highest BCUT2D eigenvalue weighted by Gasteiger charge is 2.30. The molecule has 26 heavy (non-hydrogen) atoms. The molecule has 0 spiro atoms. The van der Waals surface area contributed by atoms with Gasteiger partial charge in [0.2, 0.25) is 0 Å². The number of hydrogen-bond donors (Lipinski definition) is 1. The minimum absolute atomic E-state index is 0.133. The minimum atomic E-state index is -0.989. The topological polar surface area (TPSA) is 79.2 Å². The number of carboxylic acid groups (broad SMARTS) is 1. The van der Waals surface area contributed by atoms with Crippen LogP contribution in [0.15, 0.2) is 58.4 Å². The van der Waals surface area contributed by atoms with E-state index in [9.17, 15) is 9.59 Å². The maximum Gasteiger partial charge on any atom is 0.335 e. The Morgan fingerprint density at radius 3 is 2.38 bits per heavy atom. The third kappa shape index (κ3) is 3.78. The molecule has 0 bridgehead atoms. The molecule has 0 saturated carbocycles. The highest BCUT2D eigenvalue weighted by Crippen LogP contribution is 2.33. The number of aliphatic imine (C=N–C) groups is 1. The lowest BCUT2D eigenvalue weighted by Gasteiger charge is -2.07. The van der Waals surface area contributed by atoms with Gasteiger partial charge in [0, 0.05) is 7.05 Å². The number of thioether (sulfide) groups is 1. The van der Waals surface area contributed by atoms with Crippen LogP contribution in [-0.2, 0) is 4.79 Å². The summed E-state index contributed by atoms with van der Waals surface area (Å²) in [4.78, 5) is 29.8.